The summed E-state index contributed by atoms with van der Waals surface area (Å²) in [5.74, 6) is -0.861. The Morgan fingerprint density at radius 2 is 1.58 bits per heavy atom. The molecule has 0 saturated carbocycles. The molecule has 0 aliphatic carbocycles. The molecule has 43 heavy (non-hydrogen) atoms. The van der Waals surface area contributed by atoms with Gasteiger partial charge >= 0.3 is 0 Å². The van der Waals surface area contributed by atoms with Crippen molar-refractivity contribution in [1.82, 2.24) is 14.5 Å². The van der Waals surface area contributed by atoms with Crippen LogP contribution in [0, 0.1) is 0 Å². The minimum absolute atomic E-state index is 0.0165. The van der Waals surface area contributed by atoms with Crippen LogP contribution < -0.4 is 5.32 Å². The second kappa shape index (κ2) is 14.8. The van der Waals surface area contributed by atoms with Crippen molar-refractivity contribution in [2.24, 2.45) is 0 Å². The zero-order valence-corrected chi connectivity index (χ0v) is 26.5. The highest BCUT2D eigenvalue weighted by Crippen LogP contribution is 2.25. The molecule has 0 aliphatic rings. The van der Waals surface area contributed by atoms with E-state index in [2.05, 4.69) is 5.32 Å². The molecule has 0 spiro atoms. The van der Waals surface area contributed by atoms with E-state index in [4.69, 9.17) is 23.2 Å². The fraction of sp³-hybridized carbons (Fsp3) is 0.273. The molecule has 0 radical (unpaired) electrons. The van der Waals surface area contributed by atoms with E-state index >= 15 is 0 Å². The molecule has 0 saturated heterocycles. The summed E-state index contributed by atoms with van der Waals surface area (Å²) in [6, 6.07) is 25.7. The minimum atomic E-state index is -4.03. The highest BCUT2D eigenvalue weighted by molar-refractivity contribution is 7.89. The van der Waals surface area contributed by atoms with Crippen LogP contribution in [-0.2, 0) is 32.6 Å². The van der Waals surface area contributed by atoms with Crippen molar-refractivity contribution in [2.75, 3.05) is 20.1 Å². The quantitative estimate of drug-likeness (QED) is 0.173. The van der Waals surface area contributed by atoms with Gasteiger partial charge in [0, 0.05) is 36.6 Å². The summed E-state index contributed by atoms with van der Waals surface area (Å²) >= 11 is 12.6. The van der Waals surface area contributed by atoms with Crippen molar-refractivity contribution in [3.63, 3.8) is 0 Å². The summed E-state index contributed by atoms with van der Waals surface area (Å²) in [7, 11) is -2.66. The summed E-state index contributed by atoms with van der Waals surface area (Å²) in [5.41, 5.74) is 1.44. The number of carbonyl (C=O) groups is 2. The Labute approximate surface area is 263 Å². The molecule has 0 aromatic heterocycles. The van der Waals surface area contributed by atoms with Gasteiger partial charge in [-0.05, 0) is 52.6 Å². The Morgan fingerprint density at radius 1 is 0.884 bits per heavy atom. The molecule has 0 aliphatic heterocycles. The average molecular weight is 641 g/mol. The molecule has 226 valence electrons. The lowest BCUT2D eigenvalue weighted by Gasteiger charge is -2.33. The van der Waals surface area contributed by atoms with E-state index in [9.17, 15) is 18.0 Å². The molecular weight excluding hydrogens is 605 g/mol. The van der Waals surface area contributed by atoms with Crippen molar-refractivity contribution in [3.8, 4) is 0 Å². The highest BCUT2D eigenvalue weighted by Gasteiger charge is 2.33. The standard InChI is InChI=1S/C33H35Cl2N3O4S/c1-3-4-18-36-33(40)31(19-24-10-6-5-7-11-24)38(22-27-14-16-28(34)21-30(27)35)32(39)23-37(2)43(41,42)29-17-15-25-12-8-9-13-26(25)20-29/h5-17,20-21,31H,3-4,18-19,22-23H2,1-2H3,(H,36,40)/t31-/m0/s1. The molecular formula is C33H35Cl2N3O4S. The van der Waals surface area contributed by atoms with Crippen LogP contribution in [0.2, 0.25) is 10.0 Å². The van der Waals surface area contributed by atoms with Crippen LogP contribution in [0.25, 0.3) is 10.8 Å². The zero-order valence-electron chi connectivity index (χ0n) is 24.2. The molecule has 4 rings (SSSR count). The van der Waals surface area contributed by atoms with E-state index in [1.54, 1.807) is 30.3 Å². The number of nitrogens with zero attached hydrogens (tertiary/aromatic N) is 2. The molecule has 1 N–H and O–H groups in total. The van der Waals surface area contributed by atoms with E-state index < -0.39 is 28.5 Å². The SMILES string of the molecule is CCCCNC(=O)[C@H](Cc1ccccc1)N(Cc1ccc(Cl)cc1Cl)C(=O)CN(C)S(=O)(=O)c1ccc2ccccc2c1. The Kier molecular flexibility index (Phi) is 11.2. The minimum Gasteiger partial charge on any atom is -0.354 e. The normalized spacial score (nSPS) is 12.3. The third-order valence-electron chi connectivity index (χ3n) is 7.24. The topological polar surface area (TPSA) is 86.8 Å². The molecule has 7 nitrogen and oxygen atoms in total. The Bertz CT molecular complexity index is 1680. The van der Waals surface area contributed by atoms with Gasteiger partial charge in [-0.25, -0.2) is 8.42 Å². The maximum absolute atomic E-state index is 14.1. The number of carbonyl (C=O) groups excluding carboxylic acids is 2. The first-order chi connectivity index (χ1) is 20.6. The predicted octanol–water partition coefficient (Wildman–Crippen LogP) is 6.32. The lowest BCUT2D eigenvalue weighted by Crippen LogP contribution is -2.53. The Balaban J connectivity index is 1.68. The predicted molar refractivity (Wildman–Crippen MR) is 173 cm³/mol. The number of benzene rings is 4. The summed E-state index contributed by atoms with van der Waals surface area (Å²) in [6.07, 6.45) is 1.91. The number of unbranched alkanes of at least 4 members (excludes halogenated alkanes) is 1. The van der Waals surface area contributed by atoms with E-state index in [1.807, 2.05) is 61.5 Å². The molecule has 0 heterocycles. The number of sulfonamides is 1. The second-order valence-corrected chi connectivity index (χ2v) is 13.3. The Hall–Kier alpha value is -3.43. The van der Waals surface area contributed by atoms with Gasteiger partial charge in [0.05, 0.1) is 11.4 Å². The molecule has 4 aromatic rings. The maximum atomic E-state index is 14.1. The van der Waals surface area contributed by atoms with Gasteiger partial charge in [0.25, 0.3) is 0 Å². The number of hydrogen-bond acceptors (Lipinski definition) is 4. The molecule has 0 fully saturated rings. The Morgan fingerprint density at radius 3 is 2.28 bits per heavy atom. The fourth-order valence-corrected chi connectivity index (χ4v) is 6.39. The number of fused-ring (bicyclic) bond motifs is 1. The van der Waals surface area contributed by atoms with Crippen molar-refractivity contribution in [2.45, 2.75) is 43.7 Å². The van der Waals surface area contributed by atoms with E-state index in [0.717, 1.165) is 33.5 Å². The van der Waals surface area contributed by atoms with Crippen LogP contribution in [0.4, 0.5) is 0 Å². The number of rotatable bonds is 13. The van der Waals surface area contributed by atoms with Crippen LogP contribution in [0.15, 0.2) is 95.9 Å². The van der Waals surface area contributed by atoms with E-state index in [1.165, 1.54) is 18.0 Å². The van der Waals surface area contributed by atoms with Gasteiger partial charge in [0.1, 0.15) is 6.04 Å². The number of amides is 2. The summed E-state index contributed by atoms with van der Waals surface area (Å²) in [4.78, 5) is 29.2. The second-order valence-electron chi connectivity index (χ2n) is 10.4. The molecule has 0 unspecified atom stereocenters. The van der Waals surface area contributed by atoms with Gasteiger partial charge < -0.3 is 10.2 Å². The van der Waals surface area contributed by atoms with Crippen molar-refractivity contribution in [3.05, 3.63) is 112 Å². The first kappa shape index (κ1) is 32.5. The molecule has 0 bridgehead atoms. The molecule has 10 heteroatoms. The maximum Gasteiger partial charge on any atom is 0.243 e. The van der Waals surface area contributed by atoms with Crippen molar-refractivity contribution < 1.29 is 18.0 Å². The largest absolute Gasteiger partial charge is 0.354 e. The number of hydrogen-bond donors (Lipinski definition) is 1. The van der Waals surface area contributed by atoms with E-state index in [0.29, 0.717) is 22.2 Å². The molecule has 1 atom stereocenters. The monoisotopic (exact) mass is 639 g/mol. The smallest absolute Gasteiger partial charge is 0.243 e. The number of nitrogens with one attached hydrogen (secondary N) is 1. The van der Waals surface area contributed by atoms with Crippen LogP contribution in [0.1, 0.15) is 30.9 Å². The van der Waals surface area contributed by atoms with Crippen LogP contribution in [0.3, 0.4) is 0 Å². The van der Waals surface area contributed by atoms with Crippen molar-refractivity contribution >= 4 is 55.8 Å². The third-order valence-corrected chi connectivity index (χ3v) is 9.63. The summed E-state index contributed by atoms with van der Waals surface area (Å²) in [6.45, 7) is 1.99. The van der Waals surface area contributed by atoms with Gasteiger partial charge in [-0.2, -0.15) is 4.31 Å². The third kappa shape index (κ3) is 8.36. The van der Waals surface area contributed by atoms with Crippen LogP contribution in [0.5, 0.6) is 0 Å². The zero-order chi connectivity index (χ0) is 31.0. The average Bonchev–Trinajstić information content (AvgIpc) is 3.00. The summed E-state index contributed by atoms with van der Waals surface area (Å²) < 4.78 is 28.2. The van der Waals surface area contributed by atoms with Crippen LogP contribution in [-0.4, -0.2) is 55.6 Å². The molecule has 4 aromatic carbocycles. The lowest BCUT2D eigenvalue weighted by molar-refractivity contribution is -0.141. The highest BCUT2D eigenvalue weighted by atomic mass is 35.5. The lowest BCUT2D eigenvalue weighted by atomic mass is 10.0. The number of halogens is 2. The summed E-state index contributed by atoms with van der Waals surface area (Å²) in [5, 5.41) is 5.41. The van der Waals surface area contributed by atoms with Gasteiger partial charge in [-0.1, -0.05) is 103 Å². The van der Waals surface area contributed by atoms with Gasteiger partial charge in [-0.15, -0.1) is 0 Å². The van der Waals surface area contributed by atoms with Crippen LogP contribution >= 0.6 is 23.2 Å². The first-order valence-corrected chi connectivity index (χ1v) is 16.3. The number of likely N-dealkylation sites (N-methyl/N-ethyl adjacent to an activating group) is 1. The fourth-order valence-electron chi connectivity index (χ4n) is 4.77. The van der Waals surface area contributed by atoms with Gasteiger partial charge in [-0.3, -0.25) is 9.59 Å². The van der Waals surface area contributed by atoms with E-state index in [-0.39, 0.29) is 23.8 Å². The van der Waals surface area contributed by atoms with Crippen molar-refractivity contribution in [1.29, 1.82) is 0 Å². The first-order valence-electron chi connectivity index (χ1n) is 14.1. The molecule has 2 amide bonds. The van der Waals surface area contributed by atoms with Gasteiger partial charge in [0.2, 0.25) is 21.8 Å². The van der Waals surface area contributed by atoms with Gasteiger partial charge in [0.15, 0.2) is 0 Å².